The zero-order valence-electron chi connectivity index (χ0n) is 13.6. The second kappa shape index (κ2) is 6.74. The molecule has 2 heterocycles. The van der Waals surface area contributed by atoms with E-state index in [4.69, 9.17) is 5.14 Å². The van der Waals surface area contributed by atoms with Crippen molar-refractivity contribution in [2.75, 3.05) is 0 Å². The molecular formula is C16H11F4N3O3S. The third kappa shape index (κ3) is 3.55. The van der Waals surface area contributed by atoms with E-state index >= 15 is 0 Å². The minimum Gasteiger partial charge on any atom is -0.354 e. The summed E-state index contributed by atoms with van der Waals surface area (Å²) in [6.07, 6.45) is -0.394. The van der Waals surface area contributed by atoms with E-state index < -0.39 is 49.9 Å². The smallest absolute Gasteiger partial charge is 0.298 e. The summed E-state index contributed by atoms with van der Waals surface area (Å²) in [5, 5.41) is 8.36. The molecule has 0 spiro atoms. The van der Waals surface area contributed by atoms with Gasteiger partial charge in [-0.1, -0.05) is 5.16 Å². The van der Waals surface area contributed by atoms with E-state index in [1.54, 1.807) is 6.92 Å². The molecule has 11 heteroatoms. The van der Waals surface area contributed by atoms with Gasteiger partial charge < -0.3 is 4.52 Å². The molecule has 2 aromatic heterocycles. The summed E-state index contributed by atoms with van der Waals surface area (Å²) in [7, 11) is -4.55. The van der Waals surface area contributed by atoms with Crippen LogP contribution in [0.25, 0.3) is 22.4 Å². The molecule has 3 rings (SSSR count). The van der Waals surface area contributed by atoms with Crippen molar-refractivity contribution in [3.05, 3.63) is 53.6 Å². The van der Waals surface area contributed by atoms with E-state index in [1.165, 1.54) is 18.5 Å². The van der Waals surface area contributed by atoms with Gasteiger partial charge in [0.1, 0.15) is 22.2 Å². The second-order valence-electron chi connectivity index (χ2n) is 5.63. The van der Waals surface area contributed by atoms with Crippen molar-refractivity contribution in [3.63, 3.8) is 0 Å². The summed E-state index contributed by atoms with van der Waals surface area (Å²) in [4.78, 5) is 2.80. The lowest BCUT2D eigenvalue weighted by Crippen LogP contribution is -2.14. The maximum Gasteiger partial charge on any atom is 0.298 e. The number of hydrogen-bond donors (Lipinski definition) is 1. The number of aryl methyl sites for hydroxylation is 1. The maximum absolute atomic E-state index is 14.5. The van der Waals surface area contributed by atoms with Crippen LogP contribution in [0.15, 0.2) is 40.0 Å². The Labute approximate surface area is 150 Å². The SMILES string of the molecule is Cc1cncc(-c2noc(C(F)F)c2-c2cc(F)c(S(N)(=O)=O)cc2F)c1. The predicted octanol–water partition coefficient (Wildman–Crippen LogP) is 3.58. The third-order valence-electron chi connectivity index (χ3n) is 3.66. The molecule has 0 unspecified atom stereocenters. The van der Waals surface area contributed by atoms with Gasteiger partial charge in [-0.3, -0.25) is 4.98 Å². The van der Waals surface area contributed by atoms with Gasteiger partial charge in [0, 0.05) is 23.5 Å². The number of alkyl halides is 2. The summed E-state index contributed by atoms with van der Waals surface area (Å²) in [5.41, 5.74) is -0.446. The average Bonchev–Trinajstić information content (AvgIpc) is 3.00. The van der Waals surface area contributed by atoms with Crippen molar-refractivity contribution < 1.29 is 30.5 Å². The van der Waals surface area contributed by atoms with Crippen molar-refractivity contribution >= 4 is 10.0 Å². The molecule has 0 amide bonds. The maximum atomic E-state index is 14.5. The van der Waals surface area contributed by atoms with Crippen LogP contribution in [-0.4, -0.2) is 18.6 Å². The summed E-state index contributed by atoms with van der Waals surface area (Å²) < 4.78 is 82.7. The first-order valence-corrected chi connectivity index (χ1v) is 8.86. The molecule has 0 radical (unpaired) electrons. The van der Waals surface area contributed by atoms with Crippen LogP contribution in [0.4, 0.5) is 17.6 Å². The highest BCUT2D eigenvalue weighted by Crippen LogP contribution is 2.40. The van der Waals surface area contributed by atoms with Gasteiger partial charge in [-0.2, -0.15) is 0 Å². The van der Waals surface area contributed by atoms with Crippen LogP contribution in [0.5, 0.6) is 0 Å². The lowest BCUT2D eigenvalue weighted by Gasteiger charge is -2.09. The Morgan fingerprint density at radius 2 is 1.81 bits per heavy atom. The van der Waals surface area contributed by atoms with Gasteiger partial charge in [-0.15, -0.1) is 0 Å². The topological polar surface area (TPSA) is 99.1 Å². The Morgan fingerprint density at radius 1 is 1.11 bits per heavy atom. The van der Waals surface area contributed by atoms with Crippen molar-refractivity contribution in [1.82, 2.24) is 10.1 Å². The number of benzene rings is 1. The van der Waals surface area contributed by atoms with Gasteiger partial charge in [-0.05, 0) is 30.7 Å². The molecule has 3 aromatic rings. The van der Waals surface area contributed by atoms with Crippen molar-refractivity contribution in [2.24, 2.45) is 5.14 Å². The fourth-order valence-electron chi connectivity index (χ4n) is 2.53. The van der Waals surface area contributed by atoms with Crippen LogP contribution in [0, 0.1) is 18.6 Å². The number of pyridine rings is 1. The van der Waals surface area contributed by atoms with E-state index in [9.17, 15) is 26.0 Å². The summed E-state index contributed by atoms with van der Waals surface area (Å²) in [6.45, 7) is 1.69. The zero-order valence-corrected chi connectivity index (χ0v) is 14.4. The van der Waals surface area contributed by atoms with Crippen LogP contribution >= 0.6 is 0 Å². The van der Waals surface area contributed by atoms with E-state index in [1.807, 2.05) is 0 Å². The largest absolute Gasteiger partial charge is 0.354 e. The lowest BCUT2D eigenvalue weighted by molar-refractivity contribution is 0.113. The minimum atomic E-state index is -4.55. The molecule has 0 aliphatic carbocycles. The van der Waals surface area contributed by atoms with Crippen LogP contribution in [0.2, 0.25) is 0 Å². The molecular weight excluding hydrogens is 390 g/mol. The monoisotopic (exact) mass is 401 g/mol. The Bertz CT molecular complexity index is 1130. The number of nitrogens with zero attached hydrogens (tertiary/aromatic N) is 2. The lowest BCUT2D eigenvalue weighted by atomic mass is 9.99. The highest BCUT2D eigenvalue weighted by atomic mass is 32.2. The molecule has 0 saturated heterocycles. The molecule has 6 nitrogen and oxygen atoms in total. The Kier molecular flexibility index (Phi) is 4.74. The number of rotatable bonds is 4. The summed E-state index contributed by atoms with van der Waals surface area (Å²) in [5.74, 6) is -3.68. The predicted molar refractivity (Wildman–Crippen MR) is 86.2 cm³/mol. The normalized spacial score (nSPS) is 12.0. The standard InChI is InChI=1S/C16H11F4N3O3S/c1-7-2-8(6-22-5-7)14-13(15(16(19)20)26-23-14)9-3-11(18)12(4-10(9)17)27(21,24)25/h2-6,16H,1H3,(H2,21,24,25). The van der Waals surface area contributed by atoms with Gasteiger partial charge in [0.2, 0.25) is 15.8 Å². The summed E-state index contributed by atoms with van der Waals surface area (Å²) in [6, 6.07) is 2.32. The van der Waals surface area contributed by atoms with Gasteiger partial charge in [0.25, 0.3) is 6.43 Å². The summed E-state index contributed by atoms with van der Waals surface area (Å²) >= 11 is 0. The van der Waals surface area contributed by atoms with E-state index in [0.717, 1.165) is 0 Å². The molecule has 0 aliphatic heterocycles. The van der Waals surface area contributed by atoms with Gasteiger partial charge >= 0.3 is 0 Å². The third-order valence-corrected chi connectivity index (χ3v) is 4.59. The zero-order chi connectivity index (χ0) is 19.9. The quantitative estimate of drug-likeness (QED) is 0.674. The van der Waals surface area contributed by atoms with Crippen molar-refractivity contribution in [2.45, 2.75) is 18.2 Å². The first kappa shape index (κ1) is 19.0. The van der Waals surface area contributed by atoms with Crippen LogP contribution in [0.1, 0.15) is 17.7 Å². The van der Waals surface area contributed by atoms with E-state index in [-0.39, 0.29) is 11.3 Å². The van der Waals surface area contributed by atoms with E-state index in [0.29, 0.717) is 17.7 Å². The molecule has 27 heavy (non-hydrogen) atoms. The fourth-order valence-corrected chi connectivity index (χ4v) is 3.13. The Balaban J connectivity index is 2.31. The number of halogens is 4. The van der Waals surface area contributed by atoms with E-state index in [2.05, 4.69) is 14.7 Å². The van der Waals surface area contributed by atoms with Gasteiger partial charge in [-0.25, -0.2) is 31.1 Å². The van der Waals surface area contributed by atoms with Crippen molar-refractivity contribution in [1.29, 1.82) is 0 Å². The highest BCUT2D eigenvalue weighted by Gasteiger charge is 2.29. The molecule has 0 fully saturated rings. The second-order valence-corrected chi connectivity index (χ2v) is 7.16. The number of sulfonamides is 1. The number of aromatic nitrogens is 2. The van der Waals surface area contributed by atoms with Crippen molar-refractivity contribution in [3.8, 4) is 22.4 Å². The Hall–Kier alpha value is -2.79. The highest BCUT2D eigenvalue weighted by molar-refractivity contribution is 7.89. The minimum absolute atomic E-state index is 0.192. The van der Waals surface area contributed by atoms with Gasteiger partial charge in [0.05, 0.1) is 5.56 Å². The van der Waals surface area contributed by atoms with Gasteiger partial charge in [0.15, 0.2) is 0 Å². The molecule has 0 saturated carbocycles. The molecule has 0 bridgehead atoms. The molecule has 1 aromatic carbocycles. The average molecular weight is 401 g/mol. The number of nitrogens with two attached hydrogens (primary N) is 1. The number of hydrogen-bond acceptors (Lipinski definition) is 5. The molecule has 142 valence electrons. The fraction of sp³-hybridized carbons (Fsp3) is 0.125. The Morgan fingerprint density at radius 3 is 2.41 bits per heavy atom. The van der Waals surface area contributed by atoms with Crippen LogP contribution < -0.4 is 5.14 Å². The molecule has 2 N–H and O–H groups in total. The molecule has 0 aliphatic rings. The first-order chi connectivity index (χ1) is 12.6. The first-order valence-electron chi connectivity index (χ1n) is 7.31. The van der Waals surface area contributed by atoms with Crippen LogP contribution in [0.3, 0.4) is 0 Å². The number of primary sulfonamides is 1. The van der Waals surface area contributed by atoms with Crippen LogP contribution in [-0.2, 0) is 10.0 Å². The molecule has 0 atom stereocenters.